The number of anilines is 1. The fourth-order valence-electron chi connectivity index (χ4n) is 2.90. The maximum absolute atomic E-state index is 6.10. The van der Waals surface area contributed by atoms with Crippen LogP contribution in [0.2, 0.25) is 0 Å². The van der Waals surface area contributed by atoms with Crippen molar-refractivity contribution in [1.29, 1.82) is 0 Å². The molecule has 0 amide bonds. The molecule has 149 valence electrons. The fraction of sp³-hybridized carbons (Fsp3) is 0.250. The van der Waals surface area contributed by atoms with E-state index in [4.69, 9.17) is 44.8 Å². The van der Waals surface area contributed by atoms with Crippen LogP contribution in [0.3, 0.4) is 0 Å². The van der Waals surface area contributed by atoms with Crippen LogP contribution in [0, 0.1) is 6.92 Å². The van der Waals surface area contributed by atoms with Gasteiger partial charge in [0.25, 0.3) is 0 Å². The molecule has 2 aromatic carbocycles. The van der Waals surface area contributed by atoms with E-state index in [-0.39, 0.29) is 0 Å². The molecular weight excluding hydrogens is 468 g/mol. The summed E-state index contributed by atoms with van der Waals surface area (Å²) >= 11 is 0. The number of aryl methyl sites for hydroxylation is 1. The van der Waals surface area contributed by atoms with Gasteiger partial charge in [-0.2, -0.15) is 0 Å². The van der Waals surface area contributed by atoms with Crippen LogP contribution >= 0.6 is 40.4 Å². The molecule has 2 nitrogen and oxygen atoms in total. The molecular formula is C20H22Cl4FeNO. The molecule has 0 N–H and O–H groups in total. The topological polar surface area (TPSA) is 14.5 Å². The number of halogens is 4. The Morgan fingerprint density at radius 1 is 0.889 bits per heavy atom. The maximum atomic E-state index is 6.10. The van der Waals surface area contributed by atoms with Gasteiger partial charge in [0, 0.05) is 18.8 Å². The van der Waals surface area contributed by atoms with Gasteiger partial charge in [-0.1, -0.05) is 30.3 Å². The molecule has 0 bridgehead atoms. The fourth-order valence-corrected chi connectivity index (χ4v) is 2.90. The van der Waals surface area contributed by atoms with Crippen molar-refractivity contribution in [3.8, 4) is 11.1 Å². The van der Waals surface area contributed by atoms with E-state index in [1.807, 2.05) is 13.0 Å². The van der Waals surface area contributed by atoms with Gasteiger partial charge >= 0.3 is 60.9 Å². The first-order chi connectivity index (χ1) is 12.7. The van der Waals surface area contributed by atoms with Crippen molar-refractivity contribution in [2.24, 2.45) is 0 Å². The summed E-state index contributed by atoms with van der Waals surface area (Å²) in [6.45, 7) is 8.39. The first-order valence-electron chi connectivity index (χ1n) is 8.44. The Labute approximate surface area is 180 Å². The zero-order valence-electron chi connectivity index (χ0n) is 15.3. The van der Waals surface area contributed by atoms with E-state index in [1.165, 1.54) is 11.3 Å². The second-order valence-corrected chi connectivity index (χ2v) is 16.7. The summed E-state index contributed by atoms with van der Waals surface area (Å²) in [6.07, 6.45) is 0. The second-order valence-electron chi connectivity index (χ2n) is 5.78. The molecule has 0 saturated carbocycles. The van der Waals surface area contributed by atoms with Crippen LogP contribution in [-0.4, -0.2) is 13.1 Å². The van der Waals surface area contributed by atoms with Crippen molar-refractivity contribution < 1.29 is 13.6 Å². The number of benzene rings is 2. The molecule has 3 aromatic rings. The van der Waals surface area contributed by atoms with Gasteiger partial charge in [-0.3, -0.25) is 0 Å². The van der Waals surface area contributed by atoms with E-state index >= 15 is 0 Å². The third-order valence-corrected chi connectivity index (χ3v) is 4.15. The number of hydrogen-bond donors (Lipinski definition) is 0. The number of fused-ring (bicyclic) bond motifs is 1. The summed E-state index contributed by atoms with van der Waals surface area (Å²) in [6, 6.07) is 19.1. The molecule has 0 aliphatic carbocycles. The van der Waals surface area contributed by atoms with Crippen LogP contribution in [0.1, 0.15) is 19.6 Å². The Balaban J connectivity index is 0.000000465. The molecule has 0 spiro atoms. The Hall–Kier alpha value is -0.671. The molecule has 1 heterocycles. The van der Waals surface area contributed by atoms with Crippen molar-refractivity contribution in [2.75, 3.05) is 18.0 Å². The third-order valence-electron chi connectivity index (χ3n) is 4.15. The standard InChI is InChI=1S/C20H22NO.4ClH.Fe/c1-4-21(5-2)18-12-11-17-13-19(15(3)22-20(17)14-18)16-9-7-6-8-10-16;;;;;/h6-14H,4-5H2,1-3H3;4*1H;/q+1;;;;;+3/p-4. The van der Waals surface area contributed by atoms with Gasteiger partial charge in [-0.25, -0.2) is 4.42 Å². The normalized spacial score (nSPS) is 11.7. The van der Waals surface area contributed by atoms with Gasteiger partial charge in [0.1, 0.15) is 0 Å². The Morgan fingerprint density at radius 3 is 2.04 bits per heavy atom. The van der Waals surface area contributed by atoms with E-state index < -0.39 is 9.20 Å². The number of rotatable bonds is 4. The minimum absolute atomic E-state index is 0.946. The van der Waals surface area contributed by atoms with E-state index in [0.29, 0.717) is 0 Å². The molecule has 1 aromatic heterocycles. The summed E-state index contributed by atoms with van der Waals surface area (Å²) in [7, 11) is 17.2. The van der Waals surface area contributed by atoms with Gasteiger partial charge in [-0.05, 0) is 37.6 Å². The Bertz CT molecular complexity index is 874. The predicted molar refractivity (Wildman–Crippen MR) is 118 cm³/mol. The number of nitrogens with zero attached hydrogens (tertiary/aromatic N) is 1. The summed E-state index contributed by atoms with van der Waals surface area (Å²) in [5.41, 5.74) is 4.51. The van der Waals surface area contributed by atoms with E-state index in [9.17, 15) is 0 Å². The van der Waals surface area contributed by atoms with Crippen LogP contribution in [0.4, 0.5) is 5.69 Å². The van der Waals surface area contributed by atoms with Crippen LogP contribution in [0.5, 0.6) is 0 Å². The average Bonchev–Trinajstić information content (AvgIpc) is 2.61. The van der Waals surface area contributed by atoms with Crippen LogP contribution in [0.15, 0.2) is 59.0 Å². The van der Waals surface area contributed by atoms with E-state index in [0.717, 1.165) is 35.4 Å². The molecule has 0 fully saturated rings. The molecule has 27 heavy (non-hydrogen) atoms. The van der Waals surface area contributed by atoms with Crippen molar-refractivity contribution in [2.45, 2.75) is 20.8 Å². The summed E-state index contributed by atoms with van der Waals surface area (Å²) in [4.78, 5) is 2.33. The van der Waals surface area contributed by atoms with Crippen LogP contribution < -0.4 is 4.90 Å². The van der Waals surface area contributed by atoms with Gasteiger partial charge in [0.05, 0.1) is 23.9 Å². The Kier molecular flexibility index (Phi) is 8.55. The third kappa shape index (κ3) is 7.02. The zero-order valence-corrected chi connectivity index (χ0v) is 19.5. The monoisotopic (exact) mass is 488 g/mol. The molecule has 3 rings (SSSR count). The predicted octanol–water partition coefficient (Wildman–Crippen LogP) is 8.29. The van der Waals surface area contributed by atoms with Crippen LogP contribution in [0.25, 0.3) is 22.1 Å². The molecule has 0 unspecified atom stereocenters. The van der Waals surface area contributed by atoms with Gasteiger partial charge in [0.15, 0.2) is 0 Å². The zero-order chi connectivity index (χ0) is 20.0. The van der Waals surface area contributed by atoms with Crippen molar-refractivity contribution in [3.63, 3.8) is 0 Å². The SMILES string of the molecule is CCN(CC)c1ccc2cc(-c3ccccc3)c(C)[o+]c2c1.[Cl][Fe-]([Cl])([Cl])[Cl]. The summed E-state index contributed by atoms with van der Waals surface area (Å²) in [5, 5.41) is 1.14. The van der Waals surface area contributed by atoms with Gasteiger partial charge in [-0.15, -0.1) is 0 Å². The Morgan fingerprint density at radius 2 is 1.48 bits per heavy atom. The van der Waals surface area contributed by atoms with Crippen molar-refractivity contribution in [1.82, 2.24) is 0 Å². The molecule has 0 aliphatic rings. The van der Waals surface area contributed by atoms with E-state index in [1.54, 1.807) is 0 Å². The van der Waals surface area contributed by atoms with Crippen molar-refractivity contribution in [3.05, 3.63) is 60.4 Å². The molecule has 0 atom stereocenters. The quantitative estimate of drug-likeness (QED) is 0.270. The number of hydrogen-bond acceptors (Lipinski definition) is 1. The summed E-state index contributed by atoms with van der Waals surface area (Å²) in [5.74, 6) is 0.954. The molecule has 7 heteroatoms. The second kappa shape index (κ2) is 10.2. The molecule has 0 aliphatic heterocycles. The molecule has 0 radical (unpaired) electrons. The first kappa shape index (κ1) is 22.6. The molecule has 0 saturated heterocycles. The van der Waals surface area contributed by atoms with Gasteiger partial charge < -0.3 is 4.90 Å². The van der Waals surface area contributed by atoms with Crippen LogP contribution in [-0.2, 0) is 9.20 Å². The van der Waals surface area contributed by atoms with Crippen molar-refractivity contribution >= 4 is 57.0 Å². The average molecular weight is 490 g/mol. The summed E-state index contributed by atoms with van der Waals surface area (Å²) < 4.78 is 6.10. The van der Waals surface area contributed by atoms with Gasteiger partial charge in [0.2, 0.25) is 0 Å². The van der Waals surface area contributed by atoms with E-state index in [2.05, 4.69) is 67.3 Å². The minimum atomic E-state index is -2.61. The first-order valence-corrected chi connectivity index (χ1v) is 14.5.